The molecule has 3 aromatic rings. The fourth-order valence-corrected chi connectivity index (χ4v) is 5.03. The zero-order valence-electron chi connectivity index (χ0n) is 16.1. The van der Waals surface area contributed by atoms with Crippen LogP contribution in [-0.2, 0) is 25.9 Å². The molecule has 154 valence electrons. The number of alkyl halides is 2. The second kappa shape index (κ2) is 8.08. The smallest absolute Gasteiger partial charge is 0.387 e. The van der Waals surface area contributed by atoms with E-state index in [0.29, 0.717) is 18.9 Å². The number of ether oxygens (including phenoxy) is 2. The van der Waals surface area contributed by atoms with Gasteiger partial charge in [-0.15, -0.1) is 11.3 Å². The molecule has 2 heterocycles. The highest BCUT2D eigenvalue weighted by Gasteiger charge is 2.21. The van der Waals surface area contributed by atoms with E-state index in [1.807, 2.05) is 11.9 Å². The Bertz CT molecular complexity index is 1100. The Morgan fingerprint density at radius 2 is 2.10 bits per heavy atom. The van der Waals surface area contributed by atoms with Crippen molar-refractivity contribution in [1.82, 2.24) is 14.9 Å². The van der Waals surface area contributed by atoms with Crippen molar-refractivity contribution in [2.75, 3.05) is 14.2 Å². The first-order valence-electron chi connectivity index (χ1n) is 9.28. The summed E-state index contributed by atoms with van der Waals surface area (Å²) in [6.07, 6.45) is 3.08. The number of nitrogens with zero attached hydrogens (tertiary/aromatic N) is 2. The van der Waals surface area contributed by atoms with Gasteiger partial charge in [-0.1, -0.05) is 6.07 Å². The minimum atomic E-state index is -2.91. The van der Waals surface area contributed by atoms with Crippen molar-refractivity contribution in [3.05, 3.63) is 50.4 Å². The SMILES string of the molecule is COc1cc(CN(C)Cc2nc3sc4c(c3c(=O)[nH]2)CCC4)ccc1OC(F)F. The summed E-state index contributed by atoms with van der Waals surface area (Å²) in [7, 11) is 3.30. The minimum Gasteiger partial charge on any atom is -0.493 e. The van der Waals surface area contributed by atoms with Gasteiger partial charge in [0.2, 0.25) is 0 Å². The number of thiophene rings is 1. The number of aromatic nitrogens is 2. The summed E-state index contributed by atoms with van der Waals surface area (Å²) in [6.45, 7) is -1.94. The van der Waals surface area contributed by atoms with Gasteiger partial charge in [0.25, 0.3) is 5.56 Å². The number of rotatable bonds is 7. The molecule has 0 saturated carbocycles. The first-order chi connectivity index (χ1) is 13.9. The first kappa shape index (κ1) is 19.8. The molecule has 0 aliphatic heterocycles. The van der Waals surface area contributed by atoms with Crippen LogP contribution in [-0.4, -0.2) is 35.6 Å². The second-order valence-corrected chi connectivity index (χ2v) is 8.17. The average Bonchev–Trinajstić information content (AvgIpc) is 3.23. The van der Waals surface area contributed by atoms with Crippen LogP contribution in [0.2, 0.25) is 0 Å². The Hall–Kier alpha value is -2.52. The molecule has 1 aromatic carbocycles. The number of hydrogen-bond acceptors (Lipinski definition) is 6. The lowest BCUT2D eigenvalue weighted by atomic mass is 10.2. The van der Waals surface area contributed by atoms with Gasteiger partial charge in [-0.05, 0) is 49.6 Å². The van der Waals surface area contributed by atoms with Crippen molar-refractivity contribution >= 4 is 21.6 Å². The molecule has 4 rings (SSSR count). The highest BCUT2D eigenvalue weighted by Crippen LogP contribution is 2.34. The fraction of sp³-hybridized carbons (Fsp3) is 0.400. The molecule has 0 atom stereocenters. The van der Waals surface area contributed by atoms with E-state index < -0.39 is 6.61 Å². The van der Waals surface area contributed by atoms with Crippen molar-refractivity contribution in [2.24, 2.45) is 0 Å². The van der Waals surface area contributed by atoms with E-state index in [1.165, 1.54) is 18.1 Å². The van der Waals surface area contributed by atoms with Gasteiger partial charge < -0.3 is 14.5 Å². The molecule has 29 heavy (non-hydrogen) atoms. The summed E-state index contributed by atoms with van der Waals surface area (Å²) in [5.74, 6) is 0.850. The van der Waals surface area contributed by atoms with Gasteiger partial charge >= 0.3 is 6.61 Å². The molecule has 0 saturated heterocycles. The Morgan fingerprint density at radius 3 is 2.86 bits per heavy atom. The summed E-state index contributed by atoms with van der Waals surface area (Å²) in [6, 6.07) is 4.84. The maximum atomic E-state index is 12.6. The molecule has 6 nitrogen and oxygen atoms in total. The molecule has 0 bridgehead atoms. The topological polar surface area (TPSA) is 67.5 Å². The average molecular weight is 421 g/mol. The number of hydrogen-bond donors (Lipinski definition) is 1. The van der Waals surface area contributed by atoms with Crippen LogP contribution in [0.25, 0.3) is 10.2 Å². The fourth-order valence-electron chi connectivity index (χ4n) is 3.75. The molecular formula is C20H21F2N3O3S. The van der Waals surface area contributed by atoms with Gasteiger partial charge in [-0.2, -0.15) is 8.78 Å². The lowest BCUT2D eigenvalue weighted by Crippen LogP contribution is -2.21. The van der Waals surface area contributed by atoms with Crippen molar-refractivity contribution in [3.63, 3.8) is 0 Å². The van der Waals surface area contributed by atoms with Crippen LogP contribution in [0.1, 0.15) is 28.2 Å². The van der Waals surface area contributed by atoms with Gasteiger partial charge in [0, 0.05) is 11.4 Å². The Morgan fingerprint density at radius 1 is 1.28 bits per heavy atom. The molecule has 9 heteroatoms. The van der Waals surface area contributed by atoms with Crippen molar-refractivity contribution < 1.29 is 18.3 Å². The Kier molecular flexibility index (Phi) is 5.51. The van der Waals surface area contributed by atoms with Crippen LogP contribution in [0.15, 0.2) is 23.0 Å². The third kappa shape index (κ3) is 4.11. The lowest BCUT2D eigenvalue weighted by Gasteiger charge is -2.17. The number of aryl methyl sites for hydroxylation is 2. The van der Waals surface area contributed by atoms with Crippen molar-refractivity contribution in [1.29, 1.82) is 0 Å². The number of benzene rings is 1. The summed E-state index contributed by atoms with van der Waals surface area (Å²) in [5.41, 5.74) is 1.95. The van der Waals surface area contributed by atoms with Crippen LogP contribution in [0, 0.1) is 0 Å². The summed E-state index contributed by atoms with van der Waals surface area (Å²) in [5, 5.41) is 0.744. The monoisotopic (exact) mass is 421 g/mol. The highest BCUT2D eigenvalue weighted by atomic mass is 32.1. The molecular weight excluding hydrogens is 400 g/mol. The first-order valence-corrected chi connectivity index (χ1v) is 10.1. The Balaban J connectivity index is 1.50. The normalized spacial score (nSPS) is 13.4. The largest absolute Gasteiger partial charge is 0.493 e. The van der Waals surface area contributed by atoms with E-state index in [1.54, 1.807) is 23.5 Å². The molecule has 0 fully saturated rings. The third-order valence-electron chi connectivity index (χ3n) is 4.94. The number of methoxy groups -OCH3 is 1. The van der Waals surface area contributed by atoms with Gasteiger partial charge in [-0.25, -0.2) is 4.98 Å². The zero-order chi connectivity index (χ0) is 20.5. The second-order valence-electron chi connectivity index (χ2n) is 7.09. The number of aromatic amines is 1. The number of fused-ring (bicyclic) bond motifs is 3. The number of H-pyrrole nitrogens is 1. The van der Waals surface area contributed by atoms with Crippen LogP contribution < -0.4 is 15.0 Å². The molecule has 0 amide bonds. The minimum absolute atomic E-state index is 0.00362. The van der Waals surface area contributed by atoms with Gasteiger partial charge in [-0.3, -0.25) is 9.69 Å². The molecule has 1 aliphatic rings. The van der Waals surface area contributed by atoms with Gasteiger partial charge in [0.1, 0.15) is 10.7 Å². The maximum Gasteiger partial charge on any atom is 0.387 e. The molecule has 1 N–H and O–H groups in total. The van der Waals surface area contributed by atoms with Gasteiger partial charge in [0.15, 0.2) is 11.5 Å². The van der Waals surface area contributed by atoms with Crippen LogP contribution >= 0.6 is 11.3 Å². The van der Waals surface area contributed by atoms with E-state index in [4.69, 9.17) is 4.74 Å². The van der Waals surface area contributed by atoms with Crippen LogP contribution in [0.4, 0.5) is 8.78 Å². The standard InChI is InChI=1S/C20H21F2N3O3S/c1-25(9-11-6-7-13(28-20(21)22)14(8-11)27-2)10-16-23-18(26)17-12-4-3-5-15(12)29-19(17)24-16/h6-8,20H,3-5,9-10H2,1-2H3,(H,23,24,26). The van der Waals surface area contributed by atoms with Crippen molar-refractivity contribution in [2.45, 2.75) is 39.0 Å². The lowest BCUT2D eigenvalue weighted by molar-refractivity contribution is -0.0512. The van der Waals surface area contributed by atoms with E-state index >= 15 is 0 Å². The molecule has 0 unspecified atom stereocenters. The van der Waals surface area contributed by atoms with Crippen molar-refractivity contribution in [3.8, 4) is 11.5 Å². The van der Waals surface area contributed by atoms with Crippen LogP contribution in [0.3, 0.4) is 0 Å². The van der Waals surface area contributed by atoms with Crippen LogP contribution in [0.5, 0.6) is 11.5 Å². The van der Waals surface area contributed by atoms with Gasteiger partial charge in [0.05, 0.1) is 19.0 Å². The summed E-state index contributed by atoms with van der Waals surface area (Å²) >= 11 is 1.62. The molecule has 0 radical (unpaired) electrons. The zero-order valence-corrected chi connectivity index (χ0v) is 16.9. The highest BCUT2D eigenvalue weighted by molar-refractivity contribution is 7.18. The van der Waals surface area contributed by atoms with E-state index in [2.05, 4.69) is 14.7 Å². The summed E-state index contributed by atoms with van der Waals surface area (Å²) < 4.78 is 34.5. The van der Waals surface area contributed by atoms with E-state index in [9.17, 15) is 13.6 Å². The quantitative estimate of drug-likeness (QED) is 0.630. The number of nitrogens with one attached hydrogen (secondary N) is 1. The predicted octanol–water partition coefficient (Wildman–Crippen LogP) is 3.72. The summed E-state index contributed by atoms with van der Waals surface area (Å²) in [4.78, 5) is 24.2. The number of halogens is 2. The van der Waals surface area contributed by atoms with E-state index in [-0.39, 0.29) is 17.1 Å². The molecule has 0 spiro atoms. The predicted molar refractivity (Wildman–Crippen MR) is 107 cm³/mol. The Labute approximate surface area is 170 Å². The maximum absolute atomic E-state index is 12.6. The van der Waals surface area contributed by atoms with E-state index in [0.717, 1.165) is 40.6 Å². The molecule has 1 aliphatic carbocycles. The molecule has 2 aromatic heterocycles. The third-order valence-corrected chi connectivity index (χ3v) is 6.13.